The molecule has 3 aromatic rings. The molecule has 0 aliphatic heterocycles. The zero-order valence-corrected chi connectivity index (χ0v) is 18.7. The zero-order chi connectivity index (χ0) is 22.5. The summed E-state index contributed by atoms with van der Waals surface area (Å²) in [5.41, 5.74) is 8.14. The van der Waals surface area contributed by atoms with Gasteiger partial charge in [0.1, 0.15) is 16.5 Å². The molecule has 8 heteroatoms. The minimum absolute atomic E-state index is 0.160. The third kappa shape index (κ3) is 5.24. The van der Waals surface area contributed by atoms with E-state index in [1.165, 1.54) is 4.68 Å². The van der Waals surface area contributed by atoms with E-state index in [1.807, 2.05) is 55.5 Å². The van der Waals surface area contributed by atoms with Crippen LogP contribution in [0.25, 0.3) is 5.69 Å². The number of carbonyl (C=O) groups is 2. The van der Waals surface area contributed by atoms with Gasteiger partial charge in [-0.05, 0) is 49.1 Å². The van der Waals surface area contributed by atoms with Crippen LogP contribution in [0.4, 0.5) is 0 Å². The van der Waals surface area contributed by atoms with E-state index in [2.05, 4.69) is 29.8 Å². The number of hydrogen-bond donors (Lipinski definition) is 2. The Balaban J connectivity index is 1.62. The molecule has 0 bridgehead atoms. The molecule has 1 aromatic heterocycles. The van der Waals surface area contributed by atoms with Crippen LogP contribution in [-0.2, 0) is 4.79 Å². The number of hydrazine groups is 1. The van der Waals surface area contributed by atoms with Crippen molar-refractivity contribution in [2.24, 2.45) is 0 Å². The highest BCUT2D eigenvalue weighted by molar-refractivity contribution is 6.33. The maximum Gasteiger partial charge on any atom is 0.276 e. The maximum atomic E-state index is 12.6. The number of carbonyl (C=O) groups excluding carboxylic acids is 2. The predicted molar refractivity (Wildman–Crippen MR) is 120 cm³/mol. The number of benzene rings is 2. The normalized spacial score (nSPS) is 10.8. The number of rotatable bonds is 6. The SMILES string of the molecule is Cc1ccc(C(C)C)c(OCC(=O)NNC(=O)c2c(C)nn(-c3ccccc3)c2Cl)c1. The van der Waals surface area contributed by atoms with Crippen LogP contribution in [0.3, 0.4) is 0 Å². The smallest absolute Gasteiger partial charge is 0.276 e. The lowest BCUT2D eigenvalue weighted by molar-refractivity contribution is -0.123. The Labute approximate surface area is 186 Å². The van der Waals surface area contributed by atoms with Gasteiger partial charge >= 0.3 is 0 Å². The molecule has 0 spiro atoms. The highest BCUT2D eigenvalue weighted by Crippen LogP contribution is 2.27. The molecule has 0 saturated heterocycles. The quantitative estimate of drug-likeness (QED) is 0.565. The van der Waals surface area contributed by atoms with Crippen LogP contribution in [0.5, 0.6) is 5.75 Å². The van der Waals surface area contributed by atoms with Crippen molar-refractivity contribution >= 4 is 23.4 Å². The lowest BCUT2D eigenvalue weighted by atomic mass is 10.0. The molecule has 7 nitrogen and oxygen atoms in total. The first kappa shape index (κ1) is 22.4. The summed E-state index contributed by atoms with van der Waals surface area (Å²) in [4.78, 5) is 24.8. The average molecular weight is 441 g/mol. The number of para-hydroxylation sites is 1. The Bertz CT molecular complexity index is 1090. The maximum absolute atomic E-state index is 12.6. The van der Waals surface area contributed by atoms with Crippen LogP contribution < -0.4 is 15.6 Å². The van der Waals surface area contributed by atoms with Gasteiger partial charge in [0, 0.05) is 0 Å². The van der Waals surface area contributed by atoms with Gasteiger partial charge in [-0.1, -0.05) is 55.8 Å². The number of nitrogens with one attached hydrogen (secondary N) is 2. The van der Waals surface area contributed by atoms with Crippen LogP contribution in [0, 0.1) is 13.8 Å². The molecule has 0 radical (unpaired) electrons. The number of amides is 2. The fourth-order valence-electron chi connectivity index (χ4n) is 3.11. The lowest BCUT2D eigenvalue weighted by Crippen LogP contribution is -2.44. The predicted octanol–water partition coefficient (Wildman–Crippen LogP) is 4.11. The van der Waals surface area contributed by atoms with Gasteiger partial charge in [-0.3, -0.25) is 20.4 Å². The molecule has 0 aliphatic rings. The Kier molecular flexibility index (Phi) is 6.97. The first-order valence-corrected chi connectivity index (χ1v) is 10.3. The largest absolute Gasteiger partial charge is 0.483 e. The first-order chi connectivity index (χ1) is 14.8. The van der Waals surface area contributed by atoms with E-state index in [1.54, 1.807) is 6.92 Å². The fraction of sp³-hybridized carbons (Fsp3) is 0.261. The van der Waals surface area contributed by atoms with E-state index < -0.39 is 11.8 Å². The van der Waals surface area contributed by atoms with E-state index in [-0.39, 0.29) is 23.2 Å². The molecule has 162 valence electrons. The Morgan fingerprint density at radius 1 is 1.10 bits per heavy atom. The molecule has 0 fully saturated rings. The van der Waals surface area contributed by atoms with Crippen molar-refractivity contribution in [3.8, 4) is 11.4 Å². The Morgan fingerprint density at radius 3 is 2.48 bits per heavy atom. The summed E-state index contributed by atoms with van der Waals surface area (Å²) in [6.07, 6.45) is 0. The molecule has 0 atom stereocenters. The highest BCUT2D eigenvalue weighted by atomic mass is 35.5. The molecule has 2 aromatic carbocycles. The van der Waals surface area contributed by atoms with Crippen molar-refractivity contribution in [2.75, 3.05) is 6.61 Å². The summed E-state index contributed by atoms with van der Waals surface area (Å²) in [5.74, 6) is -0.144. The van der Waals surface area contributed by atoms with Gasteiger partial charge in [-0.15, -0.1) is 0 Å². The van der Waals surface area contributed by atoms with E-state index in [0.29, 0.717) is 11.4 Å². The average Bonchev–Trinajstić information content (AvgIpc) is 3.05. The molecule has 2 amide bonds. The van der Waals surface area contributed by atoms with Crippen molar-refractivity contribution in [3.63, 3.8) is 0 Å². The number of nitrogens with zero attached hydrogens (tertiary/aromatic N) is 2. The number of halogens is 1. The third-order valence-electron chi connectivity index (χ3n) is 4.70. The number of ether oxygens (including phenoxy) is 1. The van der Waals surface area contributed by atoms with E-state index in [0.717, 1.165) is 16.8 Å². The van der Waals surface area contributed by atoms with Crippen molar-refractivity contribution in [2.45, 2.75) is 33.6 Å². The topological polar surface area (TPSA) is 85.2 Å². The fourth-order valence-corrected chi connectivity index (χ4v) is 3.47. The highest BCUT2D eigenvalue weighted by Gasteiger charge is 2.21. The van der Waals surface area contributed by atoms with Crippen LogP contribution in [-0.4, -0.2) is 28.2 Å². The van der Waals surface area contributed by atoms with Crippen LogP contribution in [0.1, 0.15) is 46.9 Å². The Morgan fingerprint density at radius 2 is 1.81 bits per heavy atom. The van der Waals surface area contributed by atoms with Crippen molar-refractivity contribution < 1.29 is 14.3 Å². The molecule has 2 N–H and O–H groups in total. The second-order valence-corrected chi connectivity index (χ2v) is 7.84. The minimum atomic E-state index is -0.559. The zero-order valence-electron chi connectivity index (χ0n) is 17.9. The summed E-state index contributed by atoms with van der Waals surface area (Å²) in [7, 11) is 0. The van der Waals surface area contributed by atoms with E-state index >= 15 is 0 Å². The first-order valence-electron chi connectivity index (χ1n) is 9.91. The van der Waals surface area contributed by atoms with Crippen LogP contribution >= 0.6 is 11.6 Å². The number of aryl methyl sites for hydroxylation is 2. The van der Waals surface area contributed by atoms with Crippen molar-refractivity contribution in [1.82, 2.24) is 20.6 Å². The molecular weight excluding hydrogens is 416 g/mol. The van der Waals surface area contributed by atoms with Crippen molar-refractivity contribution in [3.05, 3.63) is 76.1 Å². The molecule has 1 heterocycles. The summed E-state index contributed by atoms with van der Waals surface area (Å²) >= 11 is 6.38. The van der Waals surface area contributed by atoms with E-state index in [9.17, 15) is 9.59 Å². The third-order valence-corrected chi connectivity index (χ3v) is 5.05. The van der Waals surface area contributed by atoms with Gasteiger partial charge < -0.3 is 4.74 Å². The summed E-state index contributed by atoms with van der Waals surface area (Å²) in [6, 6.07) is 15.1. The second kappa shape index (κ2) is 9.66. The number of hydrogen-bond acceptors (Lipinski definition) is 4. The summed E-state index contributed by atoms with van der Waals surface area (Å²) in [5, 5.41) is 4.49. The van der Waals surface area contributed by atoms with Gasteiger partial charge in [0.25, 0.3) is 11.8 Å². The van der Waals surface area contributed by atoms with Crippen LogP contribution in [0.15, 0.2) is 48.5 Å². The summed E-state index contributed by atoms with van der Waals surface area (Å²) < 4.78 is 7.16. The lowest BCUT2D eigenvalue weighted by Gasteiger charge is -2.15. The monoisotopic (exact) mass is 440 g/mol. The summed E-state index contributed by atoms with van der Waals surface area (Å²) in [6.45, 7) is 7.51. The van der Waals surface area contributed by atoms with Gasteiger partial charge in [-0.25, -0.2) is 4.68 Å². The molecule has 0 unspecified atom stereocenters. The molecule has 3 rings (SSSR count). The van der Waals surface area contributed by atoms with E-state index in [4.69, 9.17) is 16.3 Å². The van der Waals surface area contributed by atoms with Gasteiger partial charge in [-0.2, -0.15) is 5.10 Å². The standard InChI is InChI=1S/C23H25ClN4O3/c1-14(2)18-11-10-15(3)12-19(18)31-13-20(29)25-26-23(30)21-16(4)27-28(22(21)24)17-8-6-5-7-9-17/h5-12,14H,13H2,1-4H3,(H,25,29)(H,26,30). The molecular formula is C23H25ClN4O3. The Hall–Kier alpha value is -3.32. The van der Waals surface area contributed by atoms with Gasteiger partial charge in [0.05, 0.1) is 11.4 Å². The van der Waals surface area contributed by atoms with Gasteiger partial charge in [0.15, 0.2) is 6.61 Å². The molecule has 0 aliphatic carbocycles. The van der Waals surface area contributed by atoms with Crippen molar-refractivity contribution in [1.29, 1.82) is 0 Å². The minimum Gasteiger partial charge on any atom is -0.483 e. The number of aromatic nitrogens is 2. The molecule has 31 heavy (non-hydrogen) atoms. The van der Waals surface area contributed by atoms with Crippen LogP contribution in [0.2, 0.25) is 5.15 Å². The molecule has 0 saturated carbocycles. The second-order valence-electron chi connectivity index (χ2n) is 7.49. The van der Waals surface area contributed by atoms with Gasteiger partial charge in [0.2, 0.25) is 0 Å².